The van der Waals surface area contributed by atoms with Crippen molar-refractivity contribution in [3.8, 4) is 0 Å². The minimum Gasteiger partial charge on any atom is -0.352 e. The third-order valence-corrected chi connectivity index (χ3v) is 2.92. The fourth-order valence-corrected chi connectivity index (χ4v) is 1.96. The van der Waals surface area contributed by atoms with Crippen molar-refractivity contribution in [3.05, 3.63) is 0 Å². The first kappa shape index (κ1) is 10.8. The average molecular weight is 205 g/mol. The number of carbonyl (C=O) groups excluding carboxylic acids is 1. The summed E-state index contributed by atoms with van der Waals surface area (Å²) in [6.45, 7) is 6.05. The lowest BCUT2D eigenvalue weighted by Gasteiger charge is -2.09. The van der Waals surface area contributed by atoms with E-state index in [0.29, 0.717) is 6.04 Å². The normalized spacial score (nSPS) is 35.2. The second-order valence-electron chi connectivity index (χ2n) is 4.18. The largest absolute Gasteiger partial charge is 0.352 e. The van der Waals surface area contributed by atoms with Gasteiger partial charge in [-0.2, -0.15) is 0 Å². The highest BCUT2D eigenvalue weighted by atomic mass is 35.5. The molecule has 4 heteroatoms. The van der Waals surface area contributed by atoms with Crippen LogP contribution in [0.2, 0.25) is 0 Å². The molecule has 0 bridgehead atoms. The molecule has 1 saturated heterocycles. The first-order valence-electron chi connectivity index (χ1n) is 4.71. The highest BCUT2D eigenvalue weighted by Gasteiger charge is 2.53. The van der Waals surface area contributed by atoms with Crippen LogP contribution in [0.15, 0.2) is 0 Å². The second-order valence-corrected chi connectivity index (χ2v) is 4.18. The molecule has 3 atom stereocenters. The van der Waals surface area contributed by atoms with Gasteiger partial charge in [-0.25, -0.2) is 0 Å². The zero-order chi connectivity index (χ0) is 8.72. The summed E-state index contributed by atoms with van der Waals surface area (Å²) in [5.41, 5.74) is 0. The Hall–Kier alpha value is -0.280. The molecule has 1 unspecified atom stereocenters. The summed E-state index contributed by atoms with van der Waals surface area (Å²) in [5.74, 6) is 1.79. The molecule has 2 N–H and O–H groups in total. The highest BCUT2D eigenvalue weighted by molar-refractivity contribution is 5.85. The summed E-state index contributed by atoms with van der Waals surface area (Å²) in [5, 5.41) is 6.38. The molecule has 2 rings (SSSR count). The Morgan fingerprint density at radius 1 is 1.38 bits per heavy atom. The molecule has 0 aromatic rings. The first-order chi connectivity index (χ1) is 5.70. The van der Waals surface area contributed by atoms with E-state index >= 15 is 0 Å². The van der Waals surface area contributed by atoms with Crippen molar-refractivity contribution < 1.29 is 4.79 Å². The number of hydrogen-bond acceptors (Lipinski definition) is 2. The number of halogens is 1. The molecule has 0 aromatic heterocycles. The van der Waals surface area contributed by atoms with E-state index in [1.54, 1.807) is 0 Å². The van der Waals surface area contributed by atoms with Crippen LogP contribution >= 0.6 is 12.4 Å². The van der Waals surface area contributed by atoms with Gasteiger partial charge in [0, 0.05) is 25.0 Å². The summed E-state index contributed by atoms with van der Waals surface area (Å²) < 4.78 is 0. The van der Waals surface area contributed by atoms with Gasteiger partial charge >= 0.3 is 0 Å². The Kier molecular flexibility index (Phi) is 3.19. The first-order valence-corrected chi connectivity index (χ1v) is 4.71. The molecule has 1 aliphatic carbocycles. The van der Waals surface area contributed by atoms with Crippen molar-refractivity contribution in [1.82, 2.24) is 10.6 Å². The molecule has 1 saturated carbocycles. The van der Waals surface area contributed by atoms with Crippen molar-refractivity contribution in [2.45, 2.75) is 19.9 Å². The summed E-state index contributed by atoms with van der Waals surface area (Å²) in [4.78, 5) is 11.3. The van der Waals surface area contributed by atoms with Gasteiger partial charge in [0.25, 0.3) is 0 Å². The van der Waals surface area contributed by atoms with Crippen LogP contribution in [-0.4, -0.2) is 25.0 Å². The van der Waals surface area contributed by atoms with Gasteiger partial charge in [0.05, 0.1) is 0 Å². The fourth-order valence-electron chi connectivity index (χ4n) is 1.96. The maximum absolute atomic E-state index is 11.3. The summed E-state index contributed by atoms with van der Waals surface area (Å²) in [6, 6.07) is 0.487. The number of piperidine rings is 1. The summed E-state index contributed by atoms with van der Waals surface area (Å²) >= 11 is 0. The molecular formula is C9H17ClN2O. The third-order valence-electron chi connectivity index (χ3n) is 2.92. The van der Waals surface area contributed by atoms with Gasteiger partial charge in [-0.15, -0.1) is 12.4 Å². The third kappa shape index (κ3) is 1.97. The maximum Gasteiger partial charge on any atom is 0.222 e. The van der Waals surface area contributed by atoms with E-state index in [9.17, 15) is 4.79 Å². The van der Waals surface area contributed by atoms with Gasteiger partial charge in [0.15, 0.2) is 0 Å². The van der Waals surface area contributed by atoms with E-state index in [-0.39, 0.29) is 24.2 Å². The summed E-state index contributed by atoms with van der Waals surface area (Å²) in [7, 11) is 0. The van der Waals surface area contributed by atoms with Crippen molar-refractivity contribution in [3.63, 3.8) is 0 Å². The molecule has 1 aliphatic heterocycles. The van der Waals surface area contributed by atoms with E-state index in [1.807, 2.05) is 13.8 Å². The molecule has 13 heavy (non-hydrogen) atoms. The van der Waals surface area contributed by atoms with E-state index in [2.05, 4.69) is 10.6 Å². The lowest BCUT2D eigenvalue weighted by molar-refractivity contribution is -0.124. The SMILES string of the molecule is CC(C)C(=O)NC1[C@H]2CNC[C@@H]12.Cl. The molecule has 1 amide bonds. The van der Waals surface area contributed by atoms with Crippen LogP contribution in [0.5, 0.6) is 0 Å². The maximum atomic E-state index is 11.3. The average Bonchev–Trinajstić information content (AvgIpc) is 2.46. The molecule has 1 heterocycles. The standard InChI is InChI=1S/C9H16N2O.ClH/c1-5(2)9(12)11-8-6-3-10-4-7(6)8;/h5-8,10H,3-4H2,1-2H3,(H,11,12);1H/t6-,7+,8?;. The fraction of sp³-hybridized carbons (Fsp3) is 0.889. The Morgan fingerprint density at radius 3 is 2.38 bits per heavy atom. The Balaban J connectivity index is 0.000000845. The molecule has 0 radical (unpaired) electrons. The zero-order valence-electron chi connectivity index (χ0n) is 8.04. The number of fused-ring (bicyclic) bond motifs is 1. The number of amides is 1. The van der Waals surface area contributed by atoms with E-state index < -0.39 is 0 Å². The van der Waals surface area contributed by atoms with Gasteiger partial charge < -0.3 is 10.6 Å². The smallest absolute Gasteiger partial charge is 0.222 e. The predicted octanol–water partition coefficient (Wildman–Crippen LogP) is 0.398. The van der Waals surface area contributed by atoms with Crippen LogP contribution in [0.4, 0.5) is 0 Å². The molecule has 2 fully saturated rings. The molecule has 76 valence electrons. The second kappa shape index (κ2) is 3.84. The van der Waals surface area contributed by atoms with Crippen LogP contribution in [0, 0.1) is 17.8 Å². The topological polar surface area (TPSA) is 41.1 Å². The number of nitrogens with one attached hydrogen (secondary N) is 2. The number of hydrogen-bond donors (Lipinski definition) is 2. The van der Waals surface area contributed by atoms with Crippen molar-refractivity contribution >= 4 is 18.3 Å². The quantitative estimate of drug-likeness (QED) is 0.684. The van der Waals surface area contributed by atoms with E-state index in [4.69, 9.17) is 0 Å². The monoisotopic (exact) mass is 204 g/mol. The predicted molar refractivity (Wildman–Crippen MR) is 53.9 cm³/mol. The lowest BCUT2D eigenvalue weighted by Crippen LogP contribution is -2.34. The van der Waals surface area contributed by atoms with Crippen molar-refractivity contribution in [2.24, 2.45) is 17.8 Å². The Morgan fingerprint density at radius 2 is 1.92 bits per heavy atom. The van der Waals surface area contributed by atoms with Gasteiger partial charge in [0.2, 0.25) is 5.91 Å². The van der Waals surface area contributed by atoms with Crippen LogP contribution in [-0.2, 0) is 4.79 Å². The van der Waals surface area contributed by atoms with Gasteiger partial charge in [-0.05, 0) is 11.8 Å². The van der Waals surface area contributed by atoms with Crippen LogP contribution in [0.1, 0.15) is 13.8 Å². The molecule has 0 spiro atoms. The number of rotatable bonds is 2. The Labute approximate surface area is 85.1 Å². The van der Waals surface area contributed by atoms with Gasteiger partial charge in [-0.1, -0.05) is 13.8 Å². The van der Waals surface area contributed by atoms with Crippen LogP contribution < -0.4 is 10.6 Å². The van der Waals surface area contributed by atoms with E-state index in [0.717, 1.165) is 24.9 Å². The molecular weight excluding hydrogens is 188 g/mol. The lowest BCUT2D eigenvalue weighted by atomic mass is 10.2. The summed E-state index contributed by atoms with van der Waals surface area (Å²) in [6.07, 6.45) is 0. The molecule has 3 nitrogen and oxygen atoms in total. The minimum absolute atomic E-state index is 0. The van der Waals surface area contributed by atoms with Gasteiger partial charge in [-0.3, -0.25) is 4.79 Å². The Bertz CT molecular complexity index is 198. The molecule has 0 aromatic carbocycles. The van der Waals surface area contributed by atoms with Gasteiger partial charge in [0.1, 0.15) is 0 Å². The van der Waals surface area contributed by atoms with Crippen molar-refractivity contribution in [2.75, 3.05) is 13.1 Å². The van der Waals surface area contributed by atoms with Crippen LogP contribution in [0.25, 0.3) is 0 Å². The van der Waals surface area contributed by atoms with Crippen molar-refractivity contribution in [1.29, 1.82) is 0 Å². The zero-order valence-corrected chi connectivity index (χ0v) is 8.86. The van der Waals surface area contributed by atoms with E-state index in [1.165, 1.54) is 0 Å². The molecule has 2 aliphatic rings. The highest BCUT2D eigenvalue weighted by Crippen LogP contribution is 2.41. The minimum atomic E-state index is 0. The number of carbonyl (C=O) groups is 1. The van der Waals surface area contributed by atoms with Crippen LogP contribution in [0.3, 0.4) is 0 Å².